The molecule has 6 heteroatoms. The van der Waals surface area contributed by atoms with Crippen molar-refractivity contribution in [2.24, 2.45) is 0 Å². The maximum absolute atomic E-state index is 12.8. The van der Waals surface area contributed by atoms with Crippen molar-refractivity contribution in [2.45, 2.75) is 25.1 Å². The molecule has 1 aliphatic rings. The van der Waals surface area contributed by atoms with E-state index in [4.69, 9.17) is 0 Å². The first-order valence-corrected chi connectivity index (χ1v) is 6.97. The topological polar surface area (TPSA) is 15.3 Å². The van der Waals surface area contributed by atoms with E-state index in [1.54, 1.807) is 6.07 Å². The third kappa shape index (κ3) is 3.86. The van der Waals surface area contributed by atoms with Gasteiger partial charge in [0.25, 0.3) is 0 Å². The van der Waals surface area contributed by atoms with Gasteiger partial charge >= 0.3 is 6.18 Å². The molecule has 0 radical (unpaired) electrons. The minimum absolute atomic E-state index is 0.0777. The third-order valence-corrected chi connectivity index (χ3v) is 4.05. The molecule has 0 unspecified atom stereocenters. The second-order valence-electron chi connectivity index (χ2n) is 4.91. The SMILES string of the molecule is CN1CCC(Nc2ccc(Br)c(C(F)(F)F)c2)CC1. The molecule has 1 heterocycles. The van der Waals surface area contributed by atoms with Crippen LogP contribution in [0.5, 0.6) is 0 Å². The predicted octanol–water partition coefficient (Wildman–Crippen LogP) is 3.97. The number of hydrogen-bond acceptors (Lipinski definition) is 2. The van der Waals surface area contributed by atoms with Crippen LogP contribution in [0.25, 0.3) is 0 Å². The fourth-order valence-corrected chi connectivity index (χ4v) is 2.69. The maximum Gasteiger partial charge on any atom is 0.417 e. The van der Waals surface area contributed by atoms with E-state index < -0.39 is 11.7 Å². The van der Waals surface area contributed by atoms with Gasteiger partial charge in [0.1, 0.15) is 0 Å². The van der Waals surface area contributed by atoms with E-state index in [1.165, 1.54) is 12.1 Å². The Labute approximate surface area is 119 Å². The standard InChI is InChI=1S/C13H16BrF3N2/c1-19-6-4-9(5-7-19)18-10-2-3-12(14)11(8-10)13(15,16)17/h2-3,8-9,18H,4-7H2,1H3. The van der Waals surface area contributed by atoms with Gasteiger partial charge in [-0.25, -0.2) is 0 Å². The summed E-state index contributed by atoms with van der Waals surface area (Å²) < 4.78 is 38.5. The van der Waals surface area contributed by atoms with Crippen molar-refractivity contribution in [3.63, 3.8) is 0 Å². The van der Waals surface area contributed by atoms with Crippen LogP contribution in [0.1, 0.15) is 18.4 Å². The van der Waals surface area contributed by atoms with Crippen LogP contribution in [-0.2, 0) is 6.18 Å². The van der Waals surface area contributed by atoms with Crippen LogP contribution in [0.2, 0.25) is 0 Å². The van der Waals surface area contributed by atoms with E-state index in [0.717, 1.165) is 25.9 Å². The van der Waals surface area contributed by atoms with Crippen molar-refractivity contribution in [3.8, 4) is 0 Å². The number of piperidine rings is 1. The van der Waals surface area contributed by atoms with E-state index in [0.29, 0.717) is 5.69 Å². The third-order valence-electron chi connectivity index (χ3n) is 3.36. The van der Waals surface area contributed by atoms with Crippen LogP contribution in [0.15, 0.2) is 22.7 Å². The Morgan fingerprint density at radius 3 is 2.47 bits per heavy atom. The lowest BCUT2D eigenvalue weighted by atomic mass is 10.0. The normalized spacial score (nSPS) is 18.6. The Bertz CT molecular complexity index is 440. The maximum atomic E-state index is 12.8. The average molecular weight is 337 g/mol. The van der Waals surface area contributed by atoms with E-state index in [-0.39, 0.29) is 10.5 Å². The van der Waals surface area contributed by atoms with Crippen molar-refractivity contribution in [1.29, 1.82) is 0 Å². The molecule has 0 amide bonds. The van der Waals surface area contributed by atoms with Gasteiger partial charge in [0.15, 0.2) is 0 Å². The van der Waals surface area contributed by atoms with Gasteiger partial charge in [0, 0.05) is 16.2 Å². The second-order valence-corrected chi connectivity index (χ2v) is 5.77. The summed E-state index contributed by atoms with van der Waals surface area (Å²) in [5.74, 6) is 0. The number of hydrogen-bond donors (Lipinski definition) is 1. The van der Waals surface area contributed by atoms with Gasteiger partial charge in [0.05, 0.1) is 5.56 Å². The van der Waals surface area contributed by atoms with Crippen LogP contribution in [0, 0.1) is 0 Å². The van der Waals surface area contributed by atoms with Gasteiger partial charge < -0.3 is 10.2 Å². The van der Waals surface area contributed by atoms with Crippen LogP contribution in [-0.4, -0.2) is 31.1 Å². The molecule has 0 aromatic heterocycles. The summed E-state index contributed by atoms with van der Waals surface area (Å²) in [5.41, 5.74) is -0.101. The van der Waals surface area contributed by atoms with E-state index in [1.807, 2.05) is 0 Å². The monoisotopic (exact) mass is 336 g/mol. The lowest BCUT2D eigenvalue weighted by Gasteiger charge is -2.30. The molecule has 1 aromatic carbocycles. The molecule has 1 saturated heterocycles. The van der Waals surface area contributed by atoms with Gasteiger partial charge in [-0.3, -0.25) is 0 Å². The minimum atomic E-state index is -4.33. The largest absolute Gasteiger partial charge is 0.417 e. The zero-order chi connectivity index (χ0) is 14.0. The van der Waals surface area contributed by atoms with E-state index in [2.05, 4.69) is 33.2 Å². The molecule has 0 saturated carbocycles. The molecule has 19 heavy (non-hydrogen) atoms. The molecule has 0 atom stereocenters. The van der Waals surface area contributed by atoms with Crippen molar-refractivity contribution in [1.82, 2.24) is 4.90 Å². The summed E-state index contributed by atoms with van der Waals surface area (Å²) >= 11 is 2.94. The zero-order valence-corrected chi connectivity index (χ0v) is 12.2. The Hall–Kier alpha value is -0.750. The predicted molar refractivity (Wildman–Crippen MR) is 73.3 cm³/mol. The highest BCUT2D eigenvalue weighted by Gasteiger charge is 2.33. The first-order chi connectivity index (χ1) is 8.86. The van der Waals surface area contributed by atoms with Crippen molar-refractivity contribution >= 4 is 21.6 Å². The fraction of sp³-hybridized carbons (Fsp3) is 0.538. The molecule has 0 aliphatic carbocycles. The minimum Gasteiger partial charge on any atom is -0.382 e. The molecule has 0 spiro atoms. The second kappa shape index (κ2) is 5.71. The van der Waals surface area contributed by atoms with Gasteiger partial charge in [0.2, 0.25) is 0 Å². The summed E-state index contributed by atoms with van der Waals surface area (Å²) in [6, 6.07) is 4.54. The summed E-state index contributed by atoms with van der Waals surface area (Å²) in [7, 11) is 2.05. The van der Waals surface area contributed by atoms with Gasteiger partial charge in [-0.05, 0) is 51.2 Å². The van der Waals surface area contributed by atoms with Crippen molar-refractivity contribution in [3.05, 3.63) is 28.2 Å². The molecular weight excluding hydrogens is 321 g/mol. The molecule has 2 nitrogen and oxygen atoms in total. The average Bonchev–Trinajstić information content (AvgIpc) is 2.33. The number of benzene rings is 1. The molecule has 1 N–H and O–H groups in total. The number of alkyl halides is 3. The highest BCUT2D eigenvalue weighted by atomic mass is 79.9. The first-order valence-electron chi connectivity index (χ1n) is 6.18. The van der Waals surface area contributed by atoms with Gasteiger partial charge in [-0.1, -0.05) is 15.9 Å². The molecule has 1 fully saturated rings. The molecular formula is C13H16BrF3N2. The Balaban J connectivity index is 2.09. The van der Waals surface area contributed by atoms with Crippen LogP contribution < -0.4 is 5.32 Å². The van der Waals surface area contributed by atoms with E-state index in [9.17, 15) is 13.2 Å². The highest BCUT2D eigenvalue weighted by Crippen LogP contribution is 2.36. The van der Waals surface area contributed by atoms with E-state index >= 15 is 0 Å². The number of halogens is 4. The number of nitrogens with zero attached hydrogens (tertiary/aromatic N) is 1. The molecule has 0 bridgehead atoms. The molecule has 1 aliphatic heterocycles. The van der Waals surface area contributed by atoms with Crippen molar-refractivity contribution < 1.29 is 13.2 Å². The summed E-state index contributed by atoms with van der Waals surface area (Å²) in [6.45, 7) is 1.95. The van der Waals surface area contributed by atoms with Gasteiger partial charge in [-0.2, -0.15) is 13.2 Å². The Morgan fingerprint density at radius 2 is 1.89 bits per heavy atom. The number of likely N-dealkylation sites (tertiary alicyclic amines) is 1. The first kappa shape index (κ1) is 14.7. The summed E-state index contributed by atoms with van der Waals surface area (Å²) in [4.78, 5) is 2.22. The number of anilines is 1. The molecule has 2 rings (SSSR count). The summed E-state index contributed by atoms with van der Waals surface area (Å²) in [5, 5.41) is 3.19. The quantitative estimate of drug-likeness (QED) is 0.878. The Morgan fingerprint density at radius 1 is 1.26 bits per heavy atom. The summed E-state index contributed by atoms with van der Waals surface area (Å²) in [6.07, 6.45) is -2.43. The molecule has 1 aromatic rings. The number of rotatable bonds is 2. The van der Waals surface area contributed by atoms with Gasteiger partial charge in [-0.15, -0.1) is 0 Å². The zero-order valence-electron chi connectivity index (χ0n) is 10.6. The molecule has 106 valence electrons. The smallest absolute Gasteiger partial charge is 0.382 e. The van der Waals surface area contributed by atoms with Crippen molar-refractivity contribution in [2.75, 3.05) is 25.5 Å². The lowest BCUT2D eigenvalue weighted by molar-refractivity contribution is -0.138. The van der Waals surface area contributed by atoms with Crippen LogP contribution in [0.4, 0.5) is 18.9 Å². The lowest BCUT2D eigenvalue weighted by Crippen LogP contribution is -2.36. The Kier molecular flexibility index (Phi) is 4.40. The van der Waals surface area contributed by atoms with Crippen LogP contribution in [0.3, 0.4) is 0 Å². The number of nitrogens with one attached hydrogen (secondary N) is 1. The highest BCUT2D eigenvalue weighted by molar-refractivity contribution is 9.10. The fourth-order valence-electron chi connectivity index (χ4n) is 2.22. The van der Waals surface area contributed by atoms with Crippen LogP contribution >= 0.6 is 15.9 Å².